The van der Waals surface area contributed by atoms with Crippen molar-refractivity contribution in [2.45, 2.75) is 4.90 Å². The van der Waals surface area contributed by atoms with Gasteiger partial charge in [0.05, 0.1) is 19.1 Å². The van der Waals surface area contributed by atoms with Crippen LogP contribution in [0.3, 0.4) is 0 Å². The Bertz CT molecular complexity index is 797. The highest BCUT2D eigenvalue weighted by Gasteiger charge is 2.29. The van der Waals surface area contributed by atoms with Crippen molar-refractivity contribution in [2.24, 2.45) is 0 Å². The van der Waals surface area contributed by atoms with E-state index in [2.05, 4.69) is 30.1 Å². The third-order valence-corrected chi connectivity index (χ3v) is 4.90. The lowest BCUT2D eigenvalue weighted by Gasteiger charge is -2.05. The predicted octanol–water partition coefficient (Wildman–Crippen LogP) is -0.241. The summed E-state index contributed by atoms with van der Waals surface area (Å²) in [5.74, 6) is -0.792. The fraction of sp³-hybridized carbons (Fsp3) is 0.222. The van der Waals surface area contributed by atoms with Crippen LogP contribution in [0.5, 0.6) is 0 Å². The van der Waals surface area contributed by atoms with E-state index in [0.717, 1.165) is 31.6 Å². The van der Waals surface area contributed by atoms with Gasteiger partial charge in [-0.15, -0.1) is 21.5 Å². The van der Waals surface area contributed by atoms with Gasteiger partial charge in [-0.3, -0.25) is 0 Å². The second kappa shape index (κ2) is 6.07. The molecule has 0 aliphatic carbocycles. The number of H-pyrrole nitrogens is 1. The molecule has 22 heavy (non-hydrogen) atoms. The van der Waals surface area contributed by atoms with E-state index in [1.54, 1.807) is 4.72 Å². The molecule has 0 radical (unpaired) electrons. The van der Waals surface area contributed by atoms with Crippen molar-refractivity contribution >= 4 is 33.4 Å². The third-order valence-electron chi connectivity index (χ3n) is 2.33. The molecule has 0 aromatic carbocycles. The van der Waals surface area contributed by atoms with Crippen LogP contribution in [-0.2, 0) is 19.5 Å². The van der Waals surface area contributed by atoms with Gasteiger partial charge in [-0.05, 0) is 11.3 Å². The number of nitrogens with zero attached hydrogens (tertiary/aromatic N) is 3. The fourth-order valence-corrected chi connectivity index (χ4v) is 3.83. The molecule has 0 unspecified atom stereocenters. The minimum Gasteiger partial charge on any atom is -0.465 e. The summed E-state index contributed by atoms with van der Waals surface area (Å²) in [6.07, 6.45) is -1.19. The molecule has 0 spiro atoms. The summed E-state index contributed by atoms with van der Waals surface area (Å²) < 4.78 is 34.7. The maximum Gasteiger partial charge on any atom is 0.420 e. The SMILES string of the molecule is COC(=O)NS(=O)(=O)c1cc(-c2nn[nH]n2)sc1C(=O)OC. The number of sulfonamides is 1. The zero-order chi connectivity index (χ0) is 16.3. The monoisotopic (exact) mass is 347 g/mol. The summed E-state index contributed by atoms with van der Waals surface area (Å²) in [6, 6.07) is 1.13. The number of carbonyl (C=O) groups is 2. The number of carbonyl (C=O) groups excluding carboxylic acids is 2. The first-order valence-electron chi connectivity index (χ1n) is 5.45. The van der Waals surface area contributed by atoms with Crippen molar-refractivity contribution in [3.05, 3.63) is 10.9 Å². The number of hydrogen-bond acceptors (Lipinski definition) is 10. The largest absolute Gasteiger partial charge is 0.465 e. The number of esters is 1. The van der Waals surface area contributed by atoms with Crippen LogP contribution in [0.1, 0.15) is 9.67 Å². The Kier molecular flexibility index (Phi) is 4.37. The summed E-state index contributed by atoms with van der Waals surface area (Å²) >= 11 is 0.781. The molecule has 0 aliphatic rings. The Labute approximate surface area is 127 Å². The van der Waals surface area contributed by atoms with Crippen LogP contribution in [0, 0.1) is 0 Å². The molecule has 0 bridgehead atoms. The van der Waals surface area contributed by atoms with Crippen LogP contribution in [0.15, 0.2) is 11.0 Å². The van der Waals surface area contributed by atoms with Gasteiger partial charge in [0.25, 0.3) is 10.0 Å². The Morgan fingerprint density at radius 2 is 2.05 bits per heavy atom. The molecule has 2 aromatic rings. The van der Waals surface area contributed by atoms with E-state index >= 15 is 0 Å². The van der Waals surface area contributed by atoms with Gasteiger partial charge in [0.2, 0.25) is 5.82 Å². The summed E-state index contributed by atoms with van der Waals surface area (Å²) in [5.41, 5.74) is 0. The van der Waals surface area contributed by atoms with Gasteiger partial charge in [0, 0.05) is 0 Å². The molecule has 0 aliphatic heterocycles. The van der Waals surface area contributed by atoms with Crippen molar-refractivity contribution in [3.8, 4) is 10.7 Å². The Hall–Kier alpha value is -2.54. The van der Waals surface area contributed by atoms with Gasteiger partial charge in [0.15, 0.2) is 0 Å². The molecule has 13 heteroatoms. The van der Waals surface area contributed by atoms with Crippen molar-refractivity contribution in [1.82, 2.24) is 25.3 Å². The standard InChI is InChI=1S/C9H9N5O6S2/c1-19-8(15)6-5(22(17,18)12-9(16)20-2)3-4(21-6)7-10-13-14-11-7/h3H,1-2H3,(H,12,16)(H,10,11,13,14). The fourth-order valence-electron chi connectivity index (χ4n) is 1.39. The van der Waals surface area contributed by atoms with Gasteiger partial charge in [0.1, 0.15) is 9.77 Å². The average Bonchev–Trinajstić information content (AvgIpc) is 3.14. The Morgan fingerprint density at radius 1 is 1.32 bits per heavy atom. The molecule has 0 fully saturated rings. The quantitative estimate of drug-likeness (QED) is 0.713. The maximum absolute atomic E-state index is 12.1. The van der Waals surface area contributed by atoms with E-state index in [1.165, 1.54) is 0 Å². The number of aromatic amines is 1. The molecule has 11 nitrogen and oxygen atoms in total. The number of tetrazole rings is 1. The van der Waals surface area contributed by atoms with Gasteiger partial charge < -0.3 is 9.47 Å². The van der Waals surface area contributed by atoms with Crippen molar-refractivity contribution in [2.75, 3.05) is 14.2 Å². The molecule has 1 amide bonds. The van der Waals surface area contributed by atoms with E-state index in [0.29, 0.717) is 0 Å². The van der Waals surface area contributed by atoms with E-state index in [-0.39, 0.29) is 15.6 Å². The number of methoxy groups -OCH3 is 2. The summed E-state index contributed by atoms with van der Waals surface area (Å²) in [7, 11) is -2.23. The van der Waals surface area contributed by atoms with Crippen LogP contribution in [0.4, 0.5) is 4.79 Å². The summed E-state index contributed by atoms with van der Waals surface area (Å²) in [6.45, 7) is 0. The summed E-state index contributed by atoms with van der Waals surface area (Å²) in [5, 5.41) is 12.9. The average molecular weight is 347 g/mol. The van der Waals surface area contributed by atoms with Crippen LogP contribution >= 0.6 is 11.3 Å². The molecule has 0 atom stereocenters. The first-order chi connectivity index (χ1) is 10.4. The highest BCUT2D eigenvalue weighted by atomic mass is 32.2. The van der Waals surface area contributed by atoms with Gasteiger partial charge in [-0.25, -0.2) is 22.7 Å². The first kappa shape index (κ1) is 15.8. The third kappa shape index (κ3) is 3.04. The second-order valence-corrected chi connectivity index (χ2v) is 6.33. The number of amides is 1. The minimum absolute atomic E-state index is 0.0923. The number of rotatable bonds is 4. The van der Waals surface area contributed by atoms with Crippen LogP contribution < -0.4 is 4.72 Å². The highest BCUT2D eigenvalue weighted by Crippen LogP contribution is 2.32. The minimum atomic E-state index is -4.33. The normalized spacial score (nSPS) is 11.0. The van der Waals surface area contributed by atoms with Crippen molar-refractivity contribution < 1.29 is 27.5 Å². The lowest BCUT2D eigenvalue weighted by molar-refractivity contribution is 0.0602. The number of aromatic nitrogens is 4. The van der Waals surface area contributed by atoms with Gasteiger partial charge in [-0.1, -0.05) is 0 Å². The number of hydrogen-bond donors (Lipinski definition) is 2. The van der Waals surface area contributed by atoms with Crippen LogP contribution in [0.25, 0.3) is 10.7 Å². The topological polar surface area (TPSA) is 153 Å². The molecular weight excluding hydrogens is 338 g/mol. The lowest BCUT2D eigenvalue weighted by Crippen LogP contribution is -2.31. The molecule has 118 valence electrons. The zero-order valence-corrected chi connectivity index (χ0v) is 12.8. The maximum atomic E-state index is 12.1. The summed E-state index contributed by atoms with van der Waals surface area (Å²) in [4.78, 5) is 22.4. The second-order valence-electron chi connectivity index (χ2n) is 3.63. The van der Waals surface area contributed by atoms with Crippen molar-refractivity contribution in [3.63, 3.8) is 0 Å². The lowest BCUT2D eigenvalue weighted by atomic mass is 10.4. The number of nitrogens with one attached hydrogen (secondary N) is 2. The number of ether oxygens (including phenoxy) is 2. The van der Waals surface area contributed by atoms with E-state index in [9.17, 15) is 18.0 Å². The van der Waals surface area contributed by atoms with Crippen LogP contribution in [-0.4, -0.2) is 55.3 Å². The number of thiophene rings is 1. The molecule has 2 N–H and O–H groups in total. The Balaban J connectivity index is 2.54. The molecule has 0 saturated heterocycles. The molecule has 0 saturated carbocycles. The van der Waals surface area contributed by atoms with Crippen molar-refractivity contribution in [1.29, 1.82) is 0 Å². The molecular formula is C9H9N5O6S2. The predicted molar refractivity (Wildman–Crippen MR) is 71.6 cm³/mol. The van der Waals surface area contributed by atoms with E-state index < -0.39 is 27.0 Å². The van der Waals surface area contributed by atoms with E-state index in [4.69, 9.17) is 0 Å². The van der Waals surface area contributed by atoms with Gasteiger partial charge in [-0.2, -0.15) is 5.21 Å². The van der Waals surface area contributed by atoms with E-state index in [1.807, 2.05) is 0 Å². The first-order valence-corrected chi connectivity index (χ1v) is 7.75. The van der Waals surface area contributed by atoms with Gasteiger partial charge >= 0.3 is 12.1 Å². The van der Waals surface area contributed by atoms with Crippen LogP contribution in [0.2, 0.25) is 0 Å². The smallest absolute Gasteiger partial charge is 0.420 e. The molecule has 2 rings (SSSR count). The Morgan fingerprint density at radius 3 is 2.59 bits per heavy atom. The molecule has 2 heterocycles. The highest BCUT2D eigenvalue weighted by molar-refractivity contribution is 7.90. The molecule has 2 aromatic heterocycles. The zero-order valence-electron chi connectivity index (χ0n) is 11.2.